The van der Waals surface area contributed by atoms with Crippen LogP contribution in [-0.2, 0) is 5.41 Å². The lowest BCUT2D eigenvalue weighted by Gasteiger charge is -2.28. The fraction of sp³-hybridized carbons (Fsp3) is 0.224. The van der Waals surface area contributed by atoms with Gasteiger partial charge in [0.1, 0.15) is 0 Å². The summed E-state index contributed by atoms with van der Waals surface area (Å²) in [6, 6.07) is 26.3. The maximum Gasteiger partial charge on any atom is 0.0887 e. The largest absolute Gasteiger partial charge is 0.300 e. The van der Waals surface area contributed by atoms with Crippen molar-refractivity contribution in [3.8, 4) is 0 Å². The molecule has 4 aromatic rings. The third-order valence-electron chi connectivity index (χ3n) is 11.9. The number of nitrogens with one attached hydrogen (secondary N) is 1. The summed E-state index contributed by atoms with van der Waals surface area (Å²) in [6.45, 7) is 9.59. The molecule has 0 spiro atoms. The number of benzene rings is 3. The van der Waals surface area contributed by atoms with Crippen molar-refractivity contribution >= 4 is 41.9 Å². The lowest BCUT2D eigenvalue weighted by Crippen LogP contribution is -2.41. The number of rotatable bonds is 8. The van der Waals surface area contributed by atoms with E-state index in [0.29, 0.717) is 23.1 Å². The summed E-state index contributed by atoms with van der Waals surface area (Å²) in [7, 11) is -1.76. The van der Waals surface area contributed by atoms with Gasteiger partial charge in [-0.3, -0.25) is 10.4 Å². The van der Waals surface area contributed by atoms with E-state index in [1.54, 1.807) is 5.19 Å². The molecule has 3 heteroatoms. The van der Waals surface area contributed by atoms with Crippen LogP contribution in [0.1, 0.15) is 67.0 Å². The molecule has 2 heterocycles. The van der Waals surface area contributed by atoms with Gasteiger partial charge >= 0.3 is 0 Å². The fourth-order valence-electron chi connectivity index (χ4n) is 8.74. The Balaban J connectivity index is 0.944. The Bertz CT molecular complexity index is 2300. The van der Waals surface area contributed by atoms with E-state index in [-0.39, 0.29) is 5.41 Å². The van der Waals surface area contributed by atoms with Gasteiger partial charge in [0.25, 0.3) is 0 Å². The molecule has 0 saturated heterocycles. The van der Waals surface area contributed by atoms with E-state index in [1.165, 1.54) is 33.0 Å². The van der Waals surface area contributed by atoms with Crippen molar-refractivity contribution in [2.24, 2.45) is 5.92 Å². The second kappa shape index (κ2) is 13.8. The van der Waals surface area contributed by atoms with Gasteiger partial charge < -0.3 is 0 Å². The molecule has 258 valence electrons. The van der Waals surface area contributed by atoms with Crippen molar-refractivity contribution in [3.05, 3.63) is 190 Å². The first kappa shape index (κ1) is 34.0. The third-order valence-corrected chi connectivity index (χ3v) is 16.0. The Morgan fingerprint density at radius 1 is 0.885 bits per heavy atom. The molecule has 0 fully saturated rings. The molecule has 4 unspecified atom stereocenters. The Hall–Kier alpha value is -5.12. The zero-order chi connectivity index (χ0) is 35.9. The number of hydrogen-bond acceptors (Lipinski definition) is 2. The van der Waals surface area contributed by atoms with Crippen molar-refractivity contribution in [2.45, 2.75) is 63.1 Å². The Morgan fingerprint density at radius 2 is 1.67 bits per heavy atom. The van der Waals surface area contributed by atoms with Crippen LogP contribution in [-0.4, -0.2) is 18.8 Å². The molecule has 3 aromatic carbocycles. The monoisotopic (exact) mass is 692 g/mol. The van der Waals surface area contributed by atoms with Crippen LogP contribution in [0.5, 0.6) is 0 Å². The molecule has 2 nitrogen and oxygen atoms in total. The molecule has 52 heavy (non-hydrogen) atoms. The highest BCUT2D eigenvalue weighted by molar-refractivity contribution is 6.93. The molecule has 3 aliphatic carbocycles. The van der Waals surface area contributed by atoms with Crippen LogP contribution in [0.2, 0.25) is 18.6 Å². The molecule has 1 N–H and O–H groups in total. The van der Waals surface area contributed by atoms with Crippen molar-refractivity contribution in [1.29, 1.82) is 5.41 Å². The molecule has 4 aliphatic rings. The number of nitrogens with zero attached hydrogens (tertiary/aromatic N) is 1. The maximum atomic E-state index is 8.85. The lowest BCUT2D eigenvalue weighted by molar-refractivity contribution is 0.583. The summed E-state index contributed by atoms with van der Waals surface area (Å²) in [5, 5.41) is 12.9. The topological polar surface area (TPSA) is 36.7 Å². The minimum absolute atomic E-state index is 0.120. The first-order valence-electron chi connectivity index (χ1n) is 18.9. The molecular formula is C49H48N2Si. The van der Waals surface area contributed by atoms with Gasteiger partial charge in [0.15, 0.2) is 0 Å². The summed E-state index contributed by atoms with van der Waals surface area (Å²) in [5.41, 5.74) is 10.9. The molecule has 4 atom stereocenters. The second-order valence-corrected chi connectivity index (χ2v) is 20.3. The van der Waals surface area contributed by atoms with Gasteiger partial charge in [-0.2, -0.15) is 0 Å². The highest BCUT2D eigenvalue weighted by Gasteiger charge is 2.46. The number of hydrogen-bond donors (Lipinski definition) is 1. The SMILES string of the molecule is CCC1C=CCC=C1C(=N)c1ccc(/C=C/C2=CC3C(C=C2)c2ccc(C=CC4=CCC(C)(c5nccc6ccccc56)C=C4)cc2[Si]3(C)C)cc1. The van der Waals surface area contributed by atoms with Crippen LogP contribution in [0.3, 0.4) is 0 Å². The normalized spacial score (nSPS) is 24.5. The van der Waals surface area contributed by atoms with E-state index in [4.69, 9.17) is 10.4 Å². The first-order valence-corrected chi connectivity index (χ1v) is 22.0. The Kier molecular flexibility index (Phi) is 9.01. The minimum Gasteiger partial charge on any atom is -0.300 e. The number of allylic oxidation sites excluding steroid dienone is 14. The van der Waals surface area contributed by atoms with Crippen molar-refractivity contribution in [2.75, 3.05) is 0 Å². The van der Waals surface area contributed by atoms with Crippen LogP contribution in [0.15, 0.2) is 163 Å². The zero-order valence-corrected chi connectivity index (χ0v) is 31.8. The van der Waals surface area contributed by atoms with E-state index in [2.05, 4.69) is 179 Å². The molecular weight excluding hydrogens is 645 g/mol. The van der Waals surface area contributed by atoms with Gasteiger partial charge in [0.05, 0.1) is 19.5 Å². The Morgan fingerprint density at radius 3 is 2.48 bits per heavy atom. The van der Waals surface area contributed by atoms with E-state index in [1.807, 2.05) is 6.20 Å². The van der Waals surface area contributed by atoms with E-state index >= 15 is 0 Å². The number of aromatic nitrogens is 1. The average Bonchev–Trinajstić information content (AvgIpc) is 3.41. The van der Waals surface area contributed by atoms with Gasteiger partial charge in [-0.05, 0) is 75.2 Å². The van der Waals surface area contributed by atoms with E-state index in [0.717, 1.165) is 41.7 Å². The molecule has 0 radical (unpaired) electrons. The average molecular weight is 693 g/mol. The standard InChI is InChI=1S/C49H48N2Si/c1-5-38-10-6-8-12-41(38)47(50)40-22-18-34(19-23-40)14-16-36-20-24-43-44-25-21-37(33-46(44)52(3,4)45(43)32-36)17-15-35-26-29-49(2,30-27-35)48-42-13-9-7-11-39(42)28-31-51-48/h6-7,9-29,31-33,38,43,45,50H,5,8,30H2,1-4H3/b16-14+,17-15?,50-47?. The number of pyridine rings is 1. The smallest absolute Gasteiger partial charge is 0.0887 e. The predicted molar refractivity (Wildman–Crippen MR) is 225 cm³/mol. The lowest BCUT2D eigenvalue weighted by atomic mass is 9.77. The summed E-state index contributed by atoms with van der Waals surface area (Å²) in [5.74, 6) is 0.805. The van der Waals surface area contributed by atoms with Gasteiger partial charge in [0.2, 0.25) is 0 Å². The summed E-state index contributed by atoms with van der Waals surface area (Å²) in [6.07, 6.45) is 34.8. The van der Waals surface area contributed by atoms with Crippen LogP contribution < -0.4 is 5.19 Å². The van der Waals surface area contributed by atoms with Gasteiger partial charge in [-0.25, -0.2) is 0 Å². The molecule has 0 saturated carbocycles. The van der Waals surface area contributed by atoms with Crippen molar-refractivity contribution in [3.63, 3.8) is 0 Å². The molecule has 0 amide bonds. The van der Waals surface area contributed by atoms with Gasteiger partial charge in [0, 0.05) is 28.8 Å². The molecule has 1 aromatic heterocycles. The van der Waals surface area contributed by atoms with Crippen molar-refractivity contribution in [1.82, 2.24) is 4.98 Å². The maximum absolute atomic E-state index is 8.85. The minimum atomic E-state index is -1.76. The number of fused-ring (bicyclic) bond motifs is 4. The van der Waals surface area contributed by atoms with E-state index in [9.17, 15) is 0 Å². The molecule has 8 rings (SSSR count). The van der Waals surface area contributed by atoms with Crippen LogP contribution in [0.4, 0.5) is 0 Å². The van der Waals surface area contributed by atoms with Crippen molar-refractivity contribution < 1.29 is 0 Å². The highest BCUT2D eigenvalue weighted by Crippen LogP contribution is 2.48. The van der Waals surface area contributed by atoms with Crippen LogP contribution in [0.25, 0.3) is 22.9 Å². The van der Waals surface area contributed by atoms with Crippen LogP contribution >= 0.6 is 0 Å². The van der Waals surface area contributed by atoms with Crippen LogP contribution in [0, 0.1) is 11.3 Å². The quantitative estimate of drug-likeness (QED) is 0.111. The summed E-state index contributed by atoms with van der Waals surface area (Å²) < 4.78 is 0. The zero-order valence-electron chi connectivity index (χ0n) is 30.8. The van der Waals surface area contributed by atoms with Gasteiger partial charge in [-0.1, -0.05) is 178 Å². The highest BCUT2D eigenvalue weighted by atomic mass is 28.3. The summed E-state index contributed by atoms with van der Waals surface area (Å²) in [4.78, 5) is 4.84. The summed E-state index contributed by atoms with van der Waals surface area (Å²) >= 11 is 0. The fourth-order valence-corrected chi connectivity index (χ4v) is 12.4. The molecule has 0 bridgehead atoms. The van der Waals surface area contributed by atoms with Gasteiger partial charge in [-0.15, -0.1) is 0 Å². The van der Waals surface area contributed by atoms with E-state index < -0.39 is 8.07 Å². The third kappa shape index (κ3) is 6.32. The predicted octanol–water partition coefficient (Wildman–Crippen LogP) is 12.0. The first-order chi connectivity index (χ1) is 25.2. The molecule has 1 aliphatic heterocycles. The second-order valence-electron chi connectivity index (χ2n) is 15.7. The Labute approximate surface area is 310 Å².